The molecular weight excluding hydrogens is 354 g/mol. The van der Waals surface area contributed by atoms with E-state index < -0.39 is 10.0 Å². The van der Waals surface area contributed by atoms with Gasteiger partial charge in [0.2, 0.25) is 10.0 Å². The number of hydrogen-bond donors (Lipinski definition) is 0. The summed E-state index contributed by atoms with van der Waals surface area (Å²) in [6, 6.07) is 12.6. The molecule has 0 aromatic heterocycles. The average Bonchev–Trinajstić information content (AvgIpc) is 2.92. The van der Waals surface area contributed by atoms with E-state index in [-0.39, 0.29) is 4.90 Å². The van der Waals surface area contributed by atoms with Gasteiger partial charge in [0.15, 0.2) is 0 Å². The molecule has 0 radical (unpaired) electrons. The van der Waals surface area contributed by atoms with E-state index >= 15 is 0 Å². The minimum atomic E-state index is -3.51. The van der Waals surface area contributed by atoms with Crippen LogP contribution in [0.3, 0.4) is 0 Å². The van der Waals surface area contributed by atoms with Crippen LogP contribution in [0.2, 0.25) is 0 Å². The van der Waals surface area contributed by atoms with Gasteiger partial charge in [0.05, 0.1) is 16.5 Å². The molecule has 3 rings (SSSR count). The van der Waals surface area contributed by atoms with Crippen molar-refractivity contribution in [1.29, 1.82) is 0 Å². The molecule has 0 fully saturated rings. The van der Waals surface area contributed by atoms with Gasteiger partial charge in [-0.2, -0.15) is 4.31 Å². The number of nitrogens with zero attached hydrogens (tertiary/aromatic N) is 1. The van der Waals surface area contributed by atoms with Crippen molar-refractivity contribution in [2.24, 2.45) is 0 Å². The Labute approximate surface area is 132 Å². The zero-order chi connectivity index (χ0) is 15.0. The van der Waals surface area contributed by atoms with Gasteiger partial charge in [0.25, 0.3) is 0 Å². The van der Waals surface area contributed by atoms with Crippen LogP contribution >= 0.6 is 15.9 Å². The van der Waals surface area contributed by atoms with Gasteiger partial charge < -0.3 is 4.74 Å². The Morgan fingerprint density at radius 1 is 1.10 bits per heavy atom. The highest BCUT2D eigenvalue weighted by atomic mass is 79.9. The van der Waals surface area contributed by atoms with E-state index in [1.165, 1.54) is 4.31 Å². The summed E-state index contributed by atoms with van der Waals surface area (Å²) in [5.41, 5.74) is 2.13. The molecule has 0 N–H and O–H groups in total. The van der Waals surface area contributed by atoms with E-state index in [1.807, 2.05) is 24.3 Å². The summed E-state index contributed by atoms with van der Waals surface area (Å²) >= 11 is 3.33. The molecule has 4 nitrogen and oxygen atoms in total. The van der Waals surface area contributed by atoms with Crippen LogP contribution in [0.5, 0.6) is 5.75 Å². The summed E-state index contributed by atoms with van der Waals surface area (Å²) < 4.78 is 32.7. The normalized spacial score (nSPS) is 15.0. The zero-order valence-corrected chi connectivity index (χ0v) is 13.8. The third-order valence-electron chi connectivity index (χ3n) is 3.57. The molecule has 0 saturated heterocycles. The Kier molecular flexibility index (Phi) is 3.77. The third-order valence-corrected chi connectivity index (χ3v) is 5.98. The number of rotatable bonds is 3. The van der Waals surface area contributed by atoms with Crippen molar-refractivity contribution in [3.05, 3.63) is 58.1 Å². The second kappa shape index (κ2) is 5.44. The number of ether oxygens (including phenoxy) is 1. The first kappa shape index (κ1) is 14.6. The van der Waals surface area contributed by atoms with E-state index in [9.17, 15) is 8.42 Å². The number of benzene rings is 2. The van der Waals surface area contributed by atoms with Crippen molar-refractivity contribution in [3.63, 3.8) is 0 Å². The molecule has 21 heavy (non-hydrogen) atoms. The SMILES string of the molecule is COc1ccc(S(=O)(=O)N2Cc3ccccc3C2)cc1Br. The van der Waals surface area contributed by atoms with Gasteiger partial charge in [-0.25, -0.2) is 8.42 Å². The summed E-state index contributed by atoms with van der Waals surface area (Å²) in [5.74, 6) is 0.610. The Hall–Kier alpha value is -1.37. The van der Waals surface area contributed by atoms with Crippen molar-refractivity contribution in [2.45, 2.75) is 18.0 Å². The molecule has 0 amide bonds. The quantitative estimate of drug-likeness (QED) is 0.836. The maximum atomic E-state index is 12.7. The number of halogens is 1. The van der Waals surface area contributed by atoms with Gasteiger partial charge in [-0.15, -0.1) is 0 Å². The fraction of sp³-hybridized carbons (Fsp3) is 0.200. The molecule has 1 aliphatic rings. The van der Waals surface area contributed by atoms with E-state index in [4.69, 9.17) is 4.74 Å². The molecule has 110 valence electrons. The zero-order valence-electron chi connectivity index (χ0n) is 11.4. The minimum absolute atomic E-state index is 0.267. The fourth-order valence-corrected chi connectivity index (χ4v) is 4.54. The molecular formula is C15H14BrNO3S. The standard InChI is InChI=1S/C15H14BrNO3S/c1-20-15-7-6-13(8-14(15)16)21(18,19)17-9-11-4-2-3-5-12(11)10-17/h2-8H,9-10H2,1H3. The number of methoxy groups -OCH3 is 1. The first-order valence-electron chi connectivity index (χ1n) is 6.43. The lowest BCUT2D eigenvalue weighted by Crippen LogP contribution is -2.25. The average molecular weight is 368 g/mol. The lowest BCUT2D eigenvalue weighted by Gasteiger charge is -2.16. The summed E-state index contributed by atoms with van der Waals surface area (Å²) in [6.07, 6.45) is 0. The predicted octanol–water partition coefficient (Wildman–Crippen LogP) is 3.16. The molecule has 0 bridgehead atoms. The van der Waals surface area contributed by atoms with Crippen molar-refractivity contribution in [2.75, 3.05) is 7.11 Å². The van der Waals surface area contributed by atoms with Crippen molar-refractivity contribution in [3.8, 4) is 5.75 Å². The molecule has 0 aliphatic carbocycles. The van der Waals surface area contributed by atoms with E-state index in [0.717, 1.165) is 11.1 Å². The second-order valence-corrected chi connectivity index (χ2v) is 7.63. The third kappa shape index (κ3) is 2.59. The largest absolute Gasteiger partial charge is 0.496 e. The van der Waals surface area contributed by atoms with Crippen LogP contribution < -0.4 is 4.74 Å². The predicted molar refractivity (Wildman–Crippen MR) is 83.6 cm³/mol. The monoisotopic (exact) mass is 367 g/mol. The van der Waals surface area contributed by atoms with Crippen LogP contribution in [-0.4, -0.2) is 19.8 Å². The number of hydrogen-bond acceptors (Lipinski definition) is 3. The first-order chi connectivity index (χ1) is 10.0. The molecule has 1 heterocycles. The first-order valence-corrected chi connectivity index (χ1v) is 8.66. The molecule has 6 heteroatoms. The van der Waals surface area contributed by atoms with Crippen LogP contribution in [0.15, 0.2) is 51.8 Å². The van der Waals surface area contributed by atoms with E-state index in [1.54, 1.807) is 25.3 Å². The Balaban J connectivity index is 1.94. The van der Waals surface area contributed by atoms with Gasteiger partial charge in [0.1, 0.15) is 5.75 Å². The summed E-state index contributed by atoms with van der Waals surface area (Å²) in [6.45, 7) is 0.838. The molecule has 1 aliphatic heterocycles. The van der Waals surface area contributed by atoms with Gasteiger partial charge in [-0.3, -0.25) is 0 Å². The Bertz CT molecular complexity index is 764. The molecule has 0 unspecified atom stereocenters. The van der Waals surface area contributed by atoms with Gasteiger partial charge in [-0.05, 0) is 45.3 Å². The minimum Gasteiger partial charge on any atom is -0.496 e. The topological polar surface area (TPSA) is 46.6 Å². The van der Waals surface area contributed by atoms with Gasteiger partial charge in [0, 0.05) is 13.1 Å². The second-order valence-electron chi connectivity index (χ2n) is 4.84. The molecule has 0 saturated carbocycles. The van der Waals surface area contributed by atoms with Crippen LogP contribution in [0, 0.1) is 0 Å². The van der Waals surface area contributed by atoms with Crippen LogP contribution in [-0.2, 0) is 23.1 Å². The van der Waals surface area contributed by atoms with Crippen molar-refractivity contribution >= 4 is 26.0 Å². The van der Waals surface area contributed by atoms with Crippen LogP contribution in [0.25, 0.3) is 0 Å². The maximum absolute atomic E-state index is 12.7. The fourth-order valence-electron chi connectivity index (χ4n) is 2.43. The highest BCUT2D eigenvalue weighted by Crippen LogP contribution is 2.32. The van der Waals surface area contributed by atoms with Crippen molar-refractivity contribution in [1.82, 2.24) is 4.31 Å². The maximum Gasteiger partial charge on any atom is 0.243 e. The molecule has 0 atom stereocenters. The summed E-state index contributed by atoms with van der Waals surface area (Å²) in [7, 11) is -1.96. The number of fused-ring (bicyclic) bond motifs is 1. The summed E-state index contributed by atoms with van der Waals surface area (Å²) in [5, 5.41) is 0. The van der Waals surface area contributed by atoms with E-state index in [2.05, 4.69) is 15.9 Å². The van der Waals surface area contributed by atoms with Gasteiger partial charge >= 0.3 is 0 Å². The van der Waals surface area contributed by atoms with Crippen LogP contribution in [0.4, 0.5) is 0 Å². The molecule has 2 aromatic rings. The lowest BCUT2D eigenvalue weighted by molar-refractivity contribution is 0.411. The van der Waals surface area contributed by atoms with E-state index in [0.29, 0.717) is 23.3 Å². The molecule has 0 spiro atoms. The Morgan fingerprint density at radius 3 is 2.24 bits per heavy atom. The highest BCUT2D eigenvalue weighted by Gasteiger charge is 2.30. The number of sulfonamides is 1. The van der Waals surface area contributed by atoms with Crippen LogP contribution in [0.1, 0.15) is 11.1 Å². The molecule has 2 aromatic carbocycles. The smallest absolute Gasteiger partial charge is 0.243 e. The van der Waals surface area contributed by atoms with Gasteiger partial charge in [-0.1, -0.05) is 24.3 Å². The Morgan fingerprint density at radius 2 is 1.71 bits per heavy atom. The summed E-state index contributed by atoms with van der Waals surface area (Å²) in [4.78, 5) is 0.267. The highest BCUT2D eigenvalue weighted by molar-refractivity contribution is 9.10. The van der Waals surface area contributed by atoms with Crippen molar-refractivity contribution < 1.29 is 13.2 Å². The lowest BCUT2D eigenvalue weighted by atomic mass is 10.1.